The molecule has 22 heavy (non-hydrogen) atoms. The van der Waals surface area contributed by atoms with E-state index < -0.39 is 4.75 Å². The summed E-state index contributed by atoms with van der Waals surface area (Å²) in [6.45, 7) is 9.56. The van der Waals surface area contributed by atoms with Crippen LogP contribution in [0.15, 0.2) is 59.9 Å². The van der Waals surface area contributed by atoms with Crippen molar-refractivity contribution in [1.82, 2.24) is 0 Å². The molecule has 1 aromatic carbocycles. The highest BCUT2D eigenvalue weighted by molar-refractivity contribution is 8.16. The van der Waals surface area contributed by atoms with Crippen LogP contribution in [-0.2, 0) is 11.2 Å². The van der Waals surface area contributed by atoms with Gasteiger partial charge in [-0.25, -0.2) is 0 Å². The van der Waals surface area contributed by atoms with Gasteiger partial charge in [0.2, 0.25) is 5.12 Å². The number of rotatable bonds is 5. The van der Waals surface area contributed by atoms with Gasteiger partial charge in [0.15, 0.2) is 0 Å². The van der Waals surface area contributed by atoms with Crippen molar-refractivity contribution in [3.05, 3.63) is 71.0 Å². The fourth-order valence-corrected chi connectivity index (χ4v) is 3.71. The zero-order chi connectivity index (χ0) is 16.3. The number of hydrogen-bond donors (Lipinski definition) is 1. The number of aliphatic hydroxyl groups excluding tert-OH is 1. The Morgan fingerprint density at radius 3 is 2.55 bits per heavy atom. The fraction of sp³-hybridized carbons (Fsp3) is 0.316. The van der Waals surface area contributed by atoms with Crippen LogP contribution in [0.3, 0.4) is 0 Å². The van der Waals surface area contributed by atoms with Gasteiger partial charge in [-0.3, -0.25) is 4.79 Å². The second-order valence-corrected chi connectivity index (χ2v) is 7.32. The normalized spacial score (nSPS) is 22.3. The molecule has 0 aromatic heterocycles. The van der Waals surface area contributed by atoms with Crippen molar-refractivity contribution >= 4 is 16.9 Å². The molecule has 0 saturated carbocycles. The van der Waals surface area contributed by atoms with E-state index in [0.29, 0.717) is 12.0 Å². The molecule has 2 rings (SSSR count). The molecule has 0 bridgehead atoms. The van der Waals surface area contributed by atoms with Crippen LogP contribution in [-0.4, -0.2) is 15.0 Å². The van der Waals surface area contributed by atoms with Crippen molar-refractivity contribution < 1.29 is 9.90 Å². The van der Waals surface area contributed by atoms with Gasteiger partial charge in [0, 0.05) is 5.57 Å². The van der Waals surface area contributed by atoms with Crippen LogP contribution < -0.4 is 0 Å². The highest BCUT2D eigenvalue weighted by Crippen LogP contribution is 2.45. The Labute approximate surface area is 136 Å². The van der Waals surface area contributed by atoms with Gasteiger partial charge in [0.1, 0.15) is 5.76 Å². The highest BCUT2D eigenvalue weighted by Gasteiger charge is 2.41. The van der Waals surface area contributed by atoms with E-state index in [1.807, 2.05) is 19.9 Å². The summed E-state index contributed by atoms with van der Waals surface area (Å²) in [5.41, 5.74) is 3.89. The summed E-state index contributed by atoms with van der Waals surface area (Å²) in [6, 6.07) is 8.27. The molecule has 3 heteroatoms. The third-order valence-electron chi connectivity index (χ3n) is 3.92. The molecule has 1 aromatic rings. The number of benzene rings is 1. The summed E-state index contributed by atoms with van der Waals surface area (Å²) in [5, 5.41) is 10.5. The second-order valence-electron chi connectivity index (χ2n) is 5.90. The van der Waals surface area contributed by atoms with Crippen LogP contribution in [0.1, 0.15) is 31.4 Å². The Morgan fingerprint density at radius 1 is 1.32 bits per heavy atom. The number of carbonyl (C=O) groups is 1. The predicted molar refractivity (Wildman–Crippen MR) is 94.1 cm³/mol. The standard InChI is InChI=1S/C19H22O2S/c1-5-13(2)12-19(4)17(20)16(18(21)22-19)11-10-15-8-6-14(3)7-9-15/h5-9,12,20H,1,10-11H2,2-4H3. The second kappa shape index (κ2) is 6.57. The highest BCUT2D eigenvalue weighted by atomic mass is 32.2. The summed E-state index contributed by atoms with van der Waals surface area (Å²) in [5.74, 6) is 0.191. The molecule has 0 radical (unpaired) electrons. The van der Waals surface area contributed by atoms with Crippen LogP contribution in [0.2, 0.25) is 0 Å². The van der Waals surface area contributed by atoms with Gasteiger partial charge in [-0.1, -0.05) is 65.9 Å². The number of aliphatic hydroxyl groups is 1. The average molecular weight is 314 g/mol. The van der Waals surface area contributed by atoms with E-state index in [0.717, 1.165) is 12.0 Å². The lowest BCUT2D eigenvalue weighted by molar-refractivity contribution is -0.107. The van der Waals surface area contributed by atoms with Crippen LogP contribution >= 0.6 is 11.8 Å². The Morgan fingerprint density at radius 2 is 1.95 bits per heavy atom. The molecule has 1 heterocycles. The van der Waals surface area contributed by atoms with E-state index in [2.05, 4.69) is 37.8 Å². The number of aryl methyl sites for hydroxylation is 2. The van der Waals surface area contributed by atoms with E-state index in [4.69, 9.17) is 0 Å². The Bertz CT molecular complexity index is 653. The molecule has 1 aliphatic heterocycles. The fourth-order valence-electron chi connectivity index (χ4n) is 2.53. The van der Waals surface area contributed by atoms with Gasteiger partial charge in [-0.05, 0) is 39.2 Å². The third kappa shape index (κ3) is 3.53. The molecule has 1 atom stereocenters. The zero-order valence-electron chi connectivity index (χ0n) is 13.3. The van der Waals surface area contributed by atoms with Gasteiger partial charge >= 0.3 is 0 Å². The SMILES string of the molecule is C=CC(C)=CC1(C)SC(=O)C(CCc2ccc(C)cc2)=C1O. The summed E-state index contributed by atoms with van der Waals surface area (Å²) in [6.07, 6.45) is 4.95. The van der Waals surface area contributed by atoms with Gasteiger partial charge < -0.3 is 5.11 Å². The molecule has 0 aliphatic carbocycles. The number of allylic oxidation sites excluding steroid dienone is 2. The molecule has 1 aliphatic rings. The van der Waals surface area contributed by atoms with Crippen LogP contribution in [0, 0.1) is 6.92 Å². The van der Waals surface area contributed by atoms with Gasteiger partial charge in [0.05, 0.1) is 4.75 Å². The molecule has 2 nitrogen and oxygen atoms in total. The van der Waals surface area contributed by atoms with Gasteiger partial charge in [-0.2, -0.15) is 0 Å². The summed E-state index contributed by atoms with van der Waals surface area (Å²) in [4.78, 5) is 12.2. The minimum Gasteiger partial charge on any atom is -0.510 e. The molecule has 0 amide bonds. The van der Waals surface area contributed by atoms with Gasteiger partial charge in [-0.15, -0.1) is 0 Å². The molecule has 0 spiro atoms. The molecule has 0 saturated heterocycles. The van der Waals surface area contributed by atoms with Crippen LogP contribution in [0.25, 0.3) is 0 Å². The van der Waals surface area contributed by atoms with Crippen molar-refractivity contribution in [2.24, 2.45) is 0 Å². The Kier molecular flexibility index (Phi) is 4.97. The first-order chi connectivity index (χ1) is 10.4. The van der Waals surface area contributed by atoms with E-state index in [1.165, 1.54) is 22.9 Å². The largest absolute Gasteiger partial charge is 0.510 e. The maximum atomic E-state index is 12.2. The zero-order valence-corrected chi connectivity index (χ0v) is 14.2. The van der Waals surface area contributed by atoms with Crippen molar-refractivity contribution in [3.63, 3.8) is 0 Å². The summed E-state index contributed by atoms with van der Waals surface area (Å²) < 4.78 is -0.669. The van der Waals surface area contributed by atoms with E-state index in [-0.39, 0.29) is 10.9 Å². The number of carbonyl (C=O) groups excluding carboxylic acids is 1. The first-order valence-electron chi connectivity index (χ1n) is 7.39. The number of hydrogen-bond acceptors (Lipinski definition) is 3. The van der Waals surface area contributed by atoms with Crippen molar-refractivity contribution in [3.8, 4) is 0 Å². The van der Waals surface area contributed by atoms with E-state index in [9.17, 15) is 9.90 Å². The molecule has 116 valence electrons. The van der Waals surface area contributed by atoms with E-state index >= 15 is 0 Å². The lowest BCUT2D eigenvalue weighted by Crippen LogP contribution is -2.17. The monoisotopic (exact) mass is 314 g/mol. The van der Waals surface area contributed by atoms with Crippen LogP contribution in [0.4, 0.5) is 0 Å². The average Bonchev–Trinajstić information content (AvgIpc) is 2.68. The topological polar surface area (TPSA) is 37.3 Å². The lowest BCUT2D eigenvalue weighted by atomic mass is 9.97. The Balaban J connectivity index is 2.18. The van der Waals surface area contributed by atoms with Crippen molar-refractivity contribution in [2.75, 3.05) is 0 Å². The molecular weight excluding hydrogens is 292 g/mol. The molecule has 0 fully saturated rings. The van der Waals surface area contributed by atoms with Crippen molar-refractivity contribution in [1.29, 1.82) is 0 Å². The van der Waals surface area contributed by atoms with Gasteiger partial charge in [0.25, 0.3) is 0 Å². The lowest BCUT2D eigenvalue weighted by Gasteiger charge is -2.18. The predicted octanol–water partition coefficient (Wildman–Crippen LogP) is 4.90. The Hall–Kier alpha value is -1.74. The molecular formula is C19H22O2S. The maximum Gasteiger partial charge on any atom is 0.220 e. The minimum absolute atomic E-state index is 0.0276. The smallest absolute Gasteiger partial charge is 0.220 e. The first-order valence-corrected chi connectivity index (χ1v) is 8.21. The first kappa shape index (κ1) is 16.6. The molecule has 1 unspecified atom stereocenters. The third-order valence-corrected chi connectivity index (χ3v) is 5.08. The molecule has 1 N–H and O–H groups in total. The van der Waals surface area contributed by atoms with Crippen molar-refractivity contribution in [2.45, 2.75) is 38.4 Å². The summed E-state index contributed by atoms with van der Waals surface area (Å²) >= 11 is 1.18. The maximum absolute atomic E-state index is 12.2. The minimum atomic E-state index is -0.669. The van der Waals surface area contributed by atoms with Crippen LogP contribution in [0.5, 0.6) is 0 Å². The van der Waals surface area contributed by atoms with E-state index in [1.54, 1.807) is 6.08 Å². The summed E-state index contributed by atoms with van der Waals surface area (Å²) in [7, 11) is 0. The quantitative estimate of drug-likeness (QED) is 0.785. The number of thioether (sulfide) groups is 1.